The van der Waals surface area contributed by atoms with Crippen molar-refractivity contribution in [1.29, 1.82) is 0 Å². The highest BCUT2D eigenvalue weighted by molar-refractivity contribution is 6.13. The molecule has 0 atom stereocenters. The molecular formula is C41H26FN3. The van der Waals surface area contributed by atoms with Gasteiger partial charge in [0.15, 0.2) is 0 Å². The zero-order valence-corrected chi connectivity index (χ0v) is 24.2. The second-order valence-electron chi connectivity index (χ2n) is 11.4. The van der Waals surface area contributed by atoms with E-state index in [4.69, 9.17) is 5.10 Å². The van der Waals surface area contributed by atoms with Crippen LogP contribution in [0.15, 0.2) is 158 Å². The molecule has 0 fully saturated rings. The number of nitrogens with zero attached hydrogens (tertiary/aromatic N) is 3. The number of aromatic nitrogens is 3. The highest BCUT2D eigenvalue weighted by atomic mass is 19.1. The Hall–Kier alpha value is -6.00. The molecule has 0 aliphatic carbocycles. The average molecular weight is 580 g/mol. The molecule has 0 saturated carbocycles. The van der Waals surface area contributed by atoms with Gasteiger partial charge in [-0.2, -0.15) is 5.10 Å². The number of hydrogen-bond donors (Lipinski definition) is 0. The number of fused-ring (bicyclic) bond motifs is 6. The minimum absolute atomic E-state index is 0.273. The third-order valence-electron chi connectivity index (χ3n) is 8.77. The number of rotatable bonds is 4. The highest BCUT2D eigenvalue weighted by Crippen LogP contribution is 2.43. The van der Waals surface area contributed by atoms with Crippen LogP contribution < -0.4 is 0 Å². The van der Waals surface area contributed by atoms with Crippen molar-refractivity contribution in [3.8, 4) is 39.3 Å². The molecule has 9 aromatic rings. The van der Waals surface area contributed by atoms with Crippen molar-refractivity contribution in [2.75, 3.05) is 0 Å². The van der Waals surface area contributed by atoms with E-state index in [-0.39, 0.29) is 5.82 Å². The molecule has 0 bridgehead atoms. The number of halogens is 1. The summed E-state index contributed by atoms with van der Waals surface area (Å²) < 4.78 is 19.3. The third kappa shape index (κ3) is 4.00. The lowest BCUT2D eigenvalue weighted by molar-refractivity contribution is 0.630. The molecule has 0 spiro atoms. The van der Waals surface area contributed by atoms with Gasteiger partial charge in [0.05, 0.1) is 22.2 Å². The van der Waals surface area contributed by atoms with Gasteiger partial charge in [-0.3, -0.25) is 0 Å². The molecule has 0 aliphatic rings. The molecule has 0 unspecified atom stereocenters. The van der Waals surface area contributed by atoms with E-state index in [1.807, 2.05) is 53.0 Å². The summed E-state index contributed by atoms with van der Waals surface area (Å²) in [5.74, 6) is -0.273. The van der Waals surface area contributed by atoms with Crippen LogP contribution in [0.4, 0.5) is 4.39 Å². The second-order valence-corrected chi connectivity index (χ2v) is 11.4. The SMILES string of the molecule is Fc1ccc2cc(-c3ccccc3)n3nc(-c4ccccc4)c(-c4ccc5c6ccccc6n(-c6ccccc6)c5c4)c3c2c1. The maximum absolute atomic E-state index is 15.0. The third-order valence-corrected chi connectivity index (χ3v) is 8.77. The van der Waals surface area contributed by atoms with E-state index >= 15 is 0 Å². The Morgan fingerprint density at radius 2 is 1.16 bits per heavy atom. The van der Waals surface area contributed by atoms with Crippen molar-refractivity contribution in [2.24, 2.45) is 0 Å². The lowest BCUT2D eigenvalue weighted by Gasteiger charge is -2.12. The molecule has 3 nitrogen and oxygen atoms in total. The number of benzene rings is 6. The van der Waals surface area contributed by atoms with Crippen molar-refractivity contribution < 1.29 is 4.39 Å². The molecule has 0 N–H and O–H groups in total. The summed E-state index contributed by atoms with van der Waals surface area (Å²) in [4.78, 5) is 0. The van der Waals surface area contributed by atoms with E-state index in [2.05, 4.69) is 102 Å². The molecule has 0 radical (unpaired) electrons. The van der Waals surface area contributed by atoms with Gasteiger partial charge in [-0.1, -0.05) is 115 Å². The fraction of sp³-hybridized carbons (Fsp3) is 0. The summed E-state index contributed by atoms with van der Waals surface area (Å²) in [7, 11) is 0. The maximum atomic E-state index is 15.0. The largest absolute Gasteiger partial charge is 0.309 e. The topological polar surface area (TPSA) is 22.2 Å². The van der Waals surface area contributed by atoms with Crippen molar-refractivity contribution in [2.45, 2.75) is 0 Å². The first-order valence-electron chi connectivity index (χ1n) is 15.1. The molecule has 9 rings (SSSR count). The van der Waals surface area contributed by atoms with Crippen LogP contribution in [-0.2, 0) is 0 Å². The quantitative estimate of drug-likeness (QED) is 0.203. The smallest absolute Gasteiger partial charge is 0.123 e. The number of para-hydroxylation sites is 2. The summed E-state index contributed by atoms with van der Waals surface area (Å²) in [6, 6.07) is 53.4. The predicted molar refractivity (Wildman–Crippen MR) is 183 cm³/mol. The van der Waals surface area contributed by atoms with Crippen LogP contribution >= 0.6 is 0 Å². The van der Waals surface area contributed by atoms with E-state index in [1.54, 1.807) is 6.07 Å². The van der Waals surface area contributed by atoms with Crippen LogP contribution in [0, 0.1) is 5.82 Å². The zero-order chi connectivity index (χ0) is 29.9. The van der Waals surface area contributed by atoms with Gasteiger partial charge in [-0.05, 0) is 53.4 Å². The van der Waals surface area contributed by atoms with Gasteiger partial charge in [0.1, 0.15) is 11.5 Å². The number of pyridine rings is 1. The fourth-order valence-corrected chi connectivity index (χ4v) is 6.78. The van der Waals surface area contributed by atoms with Crippen molar-refractivity contribution >= 4 is 38.1 Å². The Labute approximate surface area is 259 Å². The van der Waals surface area contributed by atoms with Gasteiger partial charge < -0.3 is 4.57 Å². The van der Waals surface area contributed by atoms with Gasteiger partial charge in [0, 0.05) is 38.5 Å². The lowest BCUT2D eigenvalue weighted by atomic mass is 9.96. The van der Waals surface area contributed by atoms with Crippen LogP contribution in [0.5, 0.6) is 0 Å². The first-order valence-corrected chi connectivity index (χ1v) is 15.1. The van der Waals surface area contributed by atoms with Crippen molar-refractivity contribution in [3.63, 3.8) is 0 Å². The maximum Gasteiger partial charge on any atom is 0.123 e. The summed E-state index contributed by atoms with van der Waals surface area (Å²) in [5, 5.41) is 9.47. The van der Waals surface area contributed by atoms with Crippen LogP contribution in [0.25, 0.3) is 77.4 Å². The Kier molecular flexibility index (Phi) is 5.69. The van der Waals surface area contributed by atoms with Gasteiger partial charge in [-0.15, -0.1) is 0 Å². The van der Waals surface area contributed by atoms with Crippen LogP contribution in [0.3, 0.4) is 0 Å². The summed E-state index contributed by atoms with van der Waals surface area (Å²) in [6.45, 7) is 0. The molecule has 0 saturated heterocycles. The number of hydrogen-bond acceptors (Lipinski definition) is 1. The summed E-state index contributed by atoms with van der Waals surface area (Å²) in [6.07, 6.45) is 0. The summed E-state index contributed by atoms with van der Waals surface area (Å²) in [5.41, 5.74) is 10.1. The average Bonchev–Trinajstić information content (AvgIpc) is 3.66. The zero-order valence-electron chi connectivity index (χ0n) is 24.2. The predicted octanol–water partition coefficient (Wildman–Crippen LogP) is 10.7. The molecule has 45 heavy (non-hydrogen) atoms. The molecule has 212 valence electrons. The van der Waals surface area contributed by atoms with E-state index in [0.29, 0.717) is 0 Å². The molecular weight excluding hydrogens is 553 g/mol. The highest BCUT2D eigenvalue weighted by Gasteiger charge is 2.23. The van der Waals surface area contributed by atoms with Gasteiger partial charge >= 0.3 is 0 Å². The van der Waals surface area contributed by atoms with E-state index in [0.717, 1.165) is 66.7 Å². The first-order chi connectivity index (χ1) is 22.2. The van der Waals surface area contributed by atoms with Gasteiger partial charge in [0.2, 0.25) is 0 Å². The standard InChI is InChI=1S/C41H26FN3/c42-31-22-20-29-24-37(27-12-4-1-5-13-27)45-41(35(29)26-31)39(40(43-45)28-14-6-2-7-15-28)30-21-23-34-33-18-10-11-19-36(33)44(38(34)25-30)32-16-8-3-9-17-32/h1-26H. The van der Waals surface area contributed by atoms with Crippen LogP contribution in [-0.4, -0.2) is 14.2 Å². The van der Waals surface area contributed by atoms with Crippen molar-refractivity contribution in [3.05, 3.63) is 164 Å². The molecule has 3 aromatic heterocycles. The second kappa shape index (κ2) is 10.0. The Morgan fingerprint density at radius 3 is 1.93 bits per heavy atom. The molecule has 3 heterocycles. The van der Waals surface area contributed by atoms with E-state index in [1.165, 1.54) is 16.8 Å². The monoisotopic (exact) mass is 579 g/mol. The van der Waals surface area contributed by atoms with Crippen molar-refractivity contribution in [1.82, 2.24) is 14.2 Å². The molecule has 4 heteroatoms. The molecule has 0 amide bonds. The Balaban J connectivity index is 1.45. The fourth-order valence-electron chi connectivity index (χ4n) is 6.78. The molecule has 0 aliphatic heterocycles. The van der Waals surface area contributed by atoms with E-state index < -0.39 is 0 Å². The lowest BCUT2D eigenvalue weighted by Crippen LogP contribution is -1.96. The minimum atomic E-state index is -0.273. The minimum Gasteiger partial charge on any atom is -0.309 e. The Bertz CT molecular complexity index is 2530. The van der Waals surface area contributed by atoms with Gasteiger partial charge in [0.25, 0.3) is 0 Å². The van der Waals surface area contributed by atoms with E-state index in [9.17, 15) is 4.39 Å². The van der Waals surface area contributed by atoms with Crippen LogP contribution in [0.1, 0.15) is 0 Å². The van der Waals surface area contributed by atoms with Gasteiger partial charge in [-0.25, -0.2) is 8.91 Å². The Morgan fingerprint density at radius 1 is 0.489 bits per heavy atom. The first kappa shape index (κ1) is 25.5. The van der Waals surface area contributed by atoms with Crippen LogP contribution in [0.2, 0.25) is 0 Å². The molecule has 6 aromatic carbocycles. The normalized spacial score (nSPS) is 11.7. The summed E-state index contributed by atoms with van der Waals surface area (Å²) >= 11 is 0.